The van der Waals surface area contributed by atoms with E-state index < -0.39 is 0 Å². The van der Waals surface area contributed by atoms with Crippen molar-refractivity contribution in [3.8, 4) is 28.7 Å². The van der Waals surface area contributed by atoms with Gasteiger partial charge in [-0.3, -0.25) is 4.57 Å². The average Bonchev–Trinajstić information content (AvgIpc) is 3.76. The number of para-hydroxylation sites is 4. The molecule has 10 rings (SSSR count). The average molecular weight is 730 g/mol. The molecule has 0 bridgehead atoms. The zero-order valence-electron chi connectivity index (χ0n) is 32.4. The van der Waals surface area contributed by atoms with Crippen molar-refractivity contribution in [3.63, 3.8) is 0 Å². The van der Waals surface area contributed by atoms with Crippen molar-refractivity contribution < 1.29 is 4.74 Å². The fourth-order valence-corrected chi connectivity index (χ4v) is 8.34. The van der Waals surface area contributed by atoms with Crippen LogP contribution >= 0.6 is 0 Å². The van der Waals surface area contributed by atoms with Gasteiger partial charge in [0.05, 0.1) is 27.8 Å². The van der Waals surface area contributed by atoms with Gasteiger partial charge < -0.3 is 14.2 Å². The van der Waals surface area contributed by atoms with Crippen LogP contribution in [0.1, 0.15) is 51.3 Å². The van der Waals surface area contributed by atoms with E-state index in [2.05, 4.69) is 200 Å². The summed E-state index contributed by atoms with van der Waals surface area (Å²) < 4.78 is 11.5. The SMILES string of the molecule is CC(C)(C)c1cc(Oc2ccc3c4ccccc4n(-c4cc(C(C)(C)c5ccccc5)ccn4)c3c2)cc(N2Cn3c(nc4ccccc43)-c3ccccc32)c1. The van der Waals surface area contributed by atoms with Gasteiger partial charge in [-0.25, -0.2) is 9.97 Å². The number of anilines is 2. The monoisotopic (exact) mass is 729 g/mol. The van der Waals surface area contributed by atoms with Crippen molar-refractivity contribution in [1.82, 2.24) is 19.1 Å². The highest BCUT2D eigenvalue weighted by atomic mass is 16.5. The van der Waals surface area contributed by atoms with Gasteiger partial charge in [-0.05, 0) is 88.8 Å². The van der Waals surface area contributed by atoms with Gasteiger partial charge in [-0.2, -0.15) is 0 Å². The summed E-state index contributed by atoms with van der Waals surface area (Å²) in [5.74, 6) is 3.43. The molecule has 0 spiro atoms. The van der Waals surface area contributed by atoms with Crippen LogP contribution in [0.15, 0.2) is 158 Å². The number of aromatic nitrogens is 4. The highest BCUT2D eigenvalue weighted by Gasteiger charge is 2.28. The van der Waals surface area contributed by atoms with Crippen LogP contribution in [-0.2, 0) is 17.5 Å². The van der Waals surface area contributed by atoms with E-state index in [0.29, 0.717) is 6.67 Å². The minimum absolute atomic E-state index is 0.114. The van der Waals surface area contributed by atoms with Gasteiger partial charge in [-0.15, -0.1) is 0 Å². The summed E-state index contributed by atoms with van der Waals surface area (Å²) in [6.07, 6.45) is 1.93. The number of rotatable bonds is 6. The molecule has 0 radical (unpaired) electrons. The van der Waals surface area contributed by atoms with Crippen LogP contribution in [0.5, 0.6) is 11.5 Å². The van der Waals surface area contributed by atoms with E-state index >= 15 is 0 Å². The zero-order chi connectivity index (χ0) is 38.2. The summed E-state index contributed by atoms with van der Waals surface area (Å²) in [6.45, 7) is 12.0. The third kappa shape index (κ3) is 5.55. The Balaban J connectivity index is 1.08. The smallest absolute Gasteiger partial charge is 0.144 e. The third-order valence-corrected chi connectivity index (χ3v) is 11.5. The van der Waals surface area contributed by atoms with E-state index in [1.807, 2.05) is 6.20 Å². The lowest BCUT2D eigenvalue weighted by Gasteiger charge is -2.33. The molecule has 0 unspecified atom stereocenters. The fourth-order valence-electron chi connectivity index (χ4n) is 8.34. The summed E-state index contributed by atoms with van der Waals surface area (Å²) in [5.41, 5.74) is 10.9. The molecule has 0 amide bonds. The first-order valence-corrected chi connectivity index (χ1v) is 19.3. The maximum Gasteiger partial charge on any atom is 0.144 e. The molecular formula is C50H43N5O. The van der Waals surface area contributed by atoms with Crippen LogP contribution in [0, 0.1) is 0 Å². The molecule has 6 aromatic carbocycles. The predicted octanol–water partition coefficient (Wildman–Crippen LogP) is 12.7. The number of hydrogen-bond donors (Lipinski definition) is 0. The van der Waals surface area contributed by atoms with Gasteiger partial charge in [-0.1, -0.05) is 107 Å². The first-order chi connectivity index (χ1) is 27.1. The Bertz CT molecular complexity index is 2950. The zero-order valence-corrected chi connectivity index (χ0v) is 32.4. The summed E-state index contributed by atoms with van der Waals surface area (Å²) in [7, 11) is 0. The van der Waals surface area contributed by atoms with Crippen molar-refractivity contribution in [2.45, 2.75) is 52.1 Å². The summed E-state index contributed by atoms with van der Waals surface area (Å²) >= 11 is 0. The molecule has 0 saturated carbocycles. The van der Waals surface area contributed by atoms with Crippen molar-refractivity contribution in [2.24, 2.45) is 0 Å². The van der Waals surface area contributed by atoms with Gasteiger partial charge >= 0.3 is 0 Å². The minimum Gasteiger partial charge on any atom is -0.457 e. The van der Waals surface area contributed by atoms with Gasteiger partial charge in [0, 0.05) is 45.8 Å². The number of ether oxygens (including phenoxy) is 1. The second-order valence-electron chi connectivity index (χ2n) is 16.4. The van der Waals surface area contributed by atoms with Crippen molar-refractivity contribution in [2.75, 3.05) is 4.90 Å². The van der Waals surface area contributed by atoms with Crippen molar-refractivity contribution >= 4 is 44.2 Å². The maximum absolute atomic E-state index is 6.91. The third-order valence-electron chi connectivity index (χ3n) is 11.5. The molecule has 56 heavy (non-hydrogen) atoms. The Hall–Kier alpha value is -6.66. The Morgan fingerprint density at radius 2 is 1.30 bits per heavy atom. The summed E-state index contributed by atoms with van der Waals surface area (Å²) in [6, 6.07) is 53.7. The lowest BCUT2D eigenvalue weighted by atomic mass is 9.78. The Morgan fingerprint density at radius 3 is 2.14 bits per heavy atom. The Labute approximate surface area is 327 Å². The minimum atomic E-state index is -0.205. The molecule has 0 aliphatic carbocycles. The normalized spacial score (nSPS) is 13.0. The van der Waals surface area contributed by atoms with Crippen LogP contribution in [0.25, 0.3) is 50.0 Å². The van der Waals surface area contributed by atoms with E-state index in [0.717, 1.165) is 67.5 Å². The standard InChI is InChI=1S/C50H43N5O/c1-49(2,3)35-27-36(53-32-54-45-22-14-11-19-42(45)52-48(54)41-18-10-12-20-43(41)53)30-38(28-35)56-37-23-24-40-39-17-9-13-21-44(39)55(46(40)31-37)47-29-34(25-26-51-47)50(4,5)33-15-7-6-8-16-33/h6-31H,32H2,1-5H3. The topological polar surface area (TPSA) is 48.1 Å². The molecule has 6 nitrogen and oxygen atoms in total. The quantitative estimate of drug-likeness (QED) is 0.171. The van der Waals surface area contributed by atoms with E-state index in [1.54, 1.807) is 0 Å². The molecule has 1 aliphatic rings. The van der Waals surface area contributed by atoms with Crippen LogP contribution < -0.4 is 9.64 Å². The molecule has 3 aromatic heterocycles. The molecule has 0 fully saturated rings. The number of nitrogens with zero attached hydrogens (tertiary/aromatic N) is 5. The molecule has 274 valence electrons. The number of fused-ring (bicyclic) bond motifs is 8. The number of hydrogen-bond acceptors (Lipinski definition) is 4. The molecule has 0 N–H and O–H groups in total. The second-order valence-corrected chi connectivity index (χ2v) is 16.4. The first-order valence-electron chi connectivity index (χ1n) is 19.3. The van der Waals surface area contributed by atoms with E-state index in [4.69, 9.17) is 14.7 Å². The molecule has 0 atom stereocenters. The predicted molar refractivity (Wildman–Crippen MR) is 230 cm³/mol. The molecule has 4 heterocycles. The lowest BCUT2D eigenvalue weighted by Crippen LogP contribution is -2.26. The molecular weight excluding hydrogens is 687 g/mol. The van der Waals surface area contributed by atoms with E-state index in [-0.39, 0.29) is 10.8 Å². The fraction of sp³-hybridized carbons (Fsp3) is 0.160. The summed E-state index contributed by atoms with van der Waals surface area (Å²) in [4.78, 5) is 12.4. The van der Waals surface area contributed by atoms with Crippen LogP contribution in [0.3, 0.4) is 0 Å². The van der Waals surface area contributed by atoms with Gasteiger partial charge in [0.1, 0.15) is 29.8 Å². The maximum atomic E-state index is 6.91. The van der Waals surface area contributed by atoms with Gasteiger partial charge in [0.25, 0.3) is 0 Å². The lowest BCUT2D eigenvalue weighted by molar-refractivity contribution is 0.479. The van der Waals surface area contributed by atoms with Crippen molar-refractivity contribution in [3.05, 3.63) is 175 Å². The molecule has 9 aromatic rings. The van der Waals surface area contributed by atoms with E-state index in [9.17, 15) is 0 Å². The summed E-state index contributed by atoms with van der Waals surface area (Å²) in [5, 5.41) is 2.33. The number of benzene rings is 6. The number of imidazole rings is 1. The largest absolute Gasteiger partial charge is 0.457 e. The molecule has 6 heteroatoms. The van der Waals surface area contributed by atoms with E-state index in [1.165, 1.54) is 22.1 Å². The van der Waals surface area contributed by atoms with Crippen LogP contribution in [0.4, 0.5) is 11.4 Å². The van der Waals surface area contributed by atoms with Gasteiger partial charge in [0.15, 0.2) is 0 Å². The van der Waals surface area contributed by atoms with Crippen LogP contribution in [-0.4, -0.2) is 19.1 Å². The molecule has 0 saturated heterocycles. The second kappa shape index (κ2) is 12.7. The highest BCUT2D eigenvalue weighted by molar-refractivity contribution is 6.09. The Kier molecular flexibility index (Phi) is 7.69. The van der Waals surface area contributed by atoms with Crippen LogP contribution in [0.2, 0.25) is 0 Å². The van der Waals surface area contributed by atoms with Gasteiger partial charge in [0.2, 0.25) is 0 Å². The molecule has 1 aliphatic heterocycles. The number of pyridine rings is 1. The first kappa shape index (κ1) is 33.9. The van der Waals surface area contributed by atoms with Crippen molar-refractivity contribution in [1.29, 1.82) is 0 Å². The Morgan fingerprint density at radius 1 is 0.571 bits per heavy atom. The highest BCUT2D eigenvalue weighted by Crippen LogP contribution is 2.44.